The first kappa shape index (κ1) is 15.2. The number of hydrogen-bond acceptors (Lipinski definition) is 6. The maximum absolute atomic E-state index is 12.1. The maximum atomic E-state index is 12.1. The van der Waals surface area contributed by atoms with Crippen LogP contribution in [-0.2, 0) is 19.9 Å². The van der Waals surface area contributed by atoms with E-state index < -0.39 is 31.3 Å². The van der Waals surface area contributed by atoms with Gasteiger partial charge in [-0.15, -0.1) is 11.6 Å². The SMILES string of the molecule is N#Cc1ccc(S(=O)(=O)NC2CS(=O)(=O)CC2Cl)cn1. The van der Waals surface area contributed by atoms with Crippen molar-refractivity contribution in [2.75, 3.05) is 11.5 Å². The van der Waals surface area contributed by atoms with E-state index in [-0.39, 0.29) is 22.1 Å². The van der Waals surface area contributed by atoms with Gasteiger partial charge in [0.25, 0.3) is 0 Å². The zero-order valence-corrected chi connectivity index (χ0v) is 12.4. The van der Waals surface area contributed by atoms with Crippen molar-refractivity contribution in [3.05, 3.63) is 24.0 Å². The second-order valence-electron chi connectivity index (χ2n) is 4.31. The van der Waals surface area contributed by atoms with Crippen molar-refractivity contribution >= 4 is 31.5 Å². The summed E-state index contributed by atoms with van der Waals surface area (Å²) >= 11 is 5.84. The van der Waals surface area contributed by atoms with Crippen molar-refractivity contribution in [1.29, 1.82) is 5.26 Å². The smallest absolute Gasteiger partial charge is 0.242 e. The van der Waals surface area contributed by atoms with Gasteiger partial charge in [0.2, 0.25) is 10.0 Å². The van der Waals surface area contributed by atoms with Crippen molar-refractivity contribution in [3.63, 3.8) is 0 Å². The van der Waals surface area contributed by atoms with Gasteiger partial charge in [-0.05, 0) is 12.1 Å². The van der Waals surface area contributed by atoms with Gasteiger partial charge in [-0.1, -0.05) is 0 Å². The molecule has 7 nitrogen and oxygen atoms in total. The lowest BCUT2D eigenvalue weighted by molar-refractivity contribution is 0.563. The molecule has 0 bridgehead atoms. The molecule has 1 aromatic rings. The Bertz CT molecular complexity index is 753. The Morgan fingerprint density at radius 3 is 2.55 bits per heavy atom. The van der Waals surface area contributed by atoms with Crippen LogP contribution in [0.25, 0.3) is 0 Å². The van der Waals surface area contributed by atoms with Crippen LogP contribution in [0.15, 0.2) is 23.2 Å². The van der Waals surface area contributed by atoms with Gasteiger partial charge in [-0.2, -0.15) is 5.26 Å². The third-order valence-corrected chi connectivity index (χ3v) is 6.60. The van der Waals surface area contributed by atoms with Crippen LogP contribution in [0.2, 0.25) is 0 Å². The molecule has 1 aliphatic heterocycles. The predicted molar refractivity (Wildman–Crippen MR) is 71.4 cm³/mol. The molecular weight excluding hydrogens is 326 g/mol. The molecule has 2 atom stereocenters. The van der Waals surface area contributed by atoms with E-state index in [1.807, 2.05) is 0 Å². The standard InChI is InChI=1S/C10H10ClN3O4S2/c11-9-5-19(15,16)6-10(9)14-20(17,18)8-2-1-7(3-12)13-4-8/h1-2,4,9-10,14H,5-6H2. The van der Waals surface area contributed by atoms with Crippen molar-refractivity contribution in [2.24, 2.45) is 0 Å². The Morgan fingerprint density at radius 1 is 1.40 bits per heavy atom. The number of hydrogen-bond donors (Lipinski definition) is 1. The van der Waals surface area contributed by atoms with Gasteiger partial charge in [-0.3, -0.25) is 0 Å². The van der Waals surface area contributed by atoms with Crippen LogP contribution in [-0.4, -0.2) is 44.7 Å². The summed E-state index contributed by atoms with van der Waals surface area (Å²) in [6.07, 6.45) is 1.04. The minimum atomic E-state index is -3.92. The van der Waals surface area contributed by atoms with Crippen LogP contribution in [0.4, 0.5) is 0 Å². The molecule has 0 aliphatic carbocycles. The monoisotopic (exact) mass is 335 g/mol. The molecule has 0 aromatic carbocycles. The highest BCUT2D eigenvalue weighted by Crippen LogP contribution is 2.20. The zero-order valence-electron chi connectivity index (χ0n) is 10.0. The number of sulfone groups is 1. The molecule has 108 valence electrons. The molecule has 1 aliphatic rings. The van der Waals surface area contributed by atoms with Crippen molar-refractivity contribution in [1.82, 2.24) is 9.71 Å². The largest absolute Gasteiger partial charge is 0.244 e. The van der Waals surface area contributed by atoms with Crippen molar-refractivity contribution in [2.45, 2.75) is 16.3 Å². The molecule has 2 unspecified atom stereocenters. The average molecular weight is 336 g/mol. The highest BCUT2D eigenvalue weighted by molar-refractivity contribution is 7.92. The molecule has 0 spiro atoms. The molecule has 10 heteroatoms. The van der Waals surface area contributed by atoms with E-state index in [1.54, 1.807) is 6.07 Å². The molecule has 0 radical (unpaired) electrons. The van der Waals surface area contributed by atoms with Crippen LogP contribution in [0.5, 0.6) is 0 Å². The van der Waals surface area contributed by atoms with Crippen molar-refractivity contribution in [3.8, 4) is 6.07 Å². The molecule has 1 fully saturated rings. The molecule has 1 N–H and O–H groups in total. The summed E-state index contributed by atoms with van der Waals surface area (Å²) in [5, 5.41) is 7.79. The molecule has 0 amide bonds. The number of alkyl halides is 1. The zero-order chi connectivity index (χ0) is 15.0. The summed E-state index contributed by atoms with van der Waals surface area (Å²) in [6.45, 7) is 0. The van der Waals surface area contributed by atoms with Crippen LogP contribution >= 0.6 is 11.6 Å². The van der Waals surface area contributed by atoms with E-state index in [0.717, 1.165) is 6.20 Å². The van der Waals surface area contributed by atoms with Gasteiger partial charge in [0.1, 0.15) is 16.7 Å². The summed E-state index contributed by atoms with van der Waals surface area (Å²) in [6, 6.07) is 3.38. The molecular formula is C10H10ClN3O4S2. The van der Waals surface area contributed by atoms with Crippen LogP contribution in [0.3, 0.4) is 0 Å². The Labute approximate surface area is 121 Å². The Kier molecular flexibility index (Phi) is 4.02. The number of nitrogens with one attached hydrogen (secondary N) is 1. The first-order valence-corrected chi connectivity index (χ1v) is 9.20. The molecule has 2 rings (SSSR count). The van der Waals surface area contributed by atoms with Gasteiger partial charge in [-0.25, -0.2) is 26.5 Å². The number of nitrogens with zero attached hydrogens (tertiary/aromatic N) is 2. The quantitative estimate of drug-likeness (QED) is 0.753. The molecule has 0 saturated carbocycles. The minimum Gasteiger partial charge on any atom is -0.244 e. The predicted octanol–water partition coefficient (Wildman–Crippen LogP) is -0.364. The maximum Gasteiger partial charge on any atom is 0.242 e. The van der Waals surface area contributed by atoms with E-state index in [0.29, 0.717) is 0 Å². The number of halogens is 1. The third kappa shape index (κ3) is 3.27. The van der Waals surface area contributed by atoms with Gasteiger partial charge in [0, 0.05) is 6.20 Å². The lowest BCUT2D eigenvalue weighted by Gasteiger charge is -2.14. The summed E-state index contributed by atoms with van der Waals surface area (Å²) in [5.74, 6) is -0.586. The summed E-state index contributed by atoms with van der Waals surface area (Å²) < 4.78 is 49.1. The normalized spacial score (nSPS) is 25.2. The van der Waals surface area contributed by atoms with E-state index in [2.05, 4.69) is 9.71 Å². The summed E-state index contributed by atoms with van der Waals surface area (Å²) in [5.41, 5.74) is 0.0858. The molecule has 1 saturated heterocycles. The van der Waals surface area contributed by atoms with Gasteiger partial charge in [0.05, 0.1) is 22.9 Å². The first-order valence-electron chi connectivity index (χ1n) is 5.46. The Balaban J connectivity index is 2.21. The van der Waals surface area contributed by atoms with Crippen molar-refractivity contribution < 1.29 is 16.8 Å². The fourth-order valence-electron chi connectivity index (χ4n) is 1.79. The fraction of sp³-hybridized carbons (Fsp3) is 0.400. The summed E-state index contributed by atoms with van der Waals surface area (Å²) in [7, 11) is -7.25. The van der Waals surface area contributed by atoms with E-state index in [9.17, 15) is 16.8 Å². The summed E-state index contributed by atoms with van der Waals surface area (Å²) in [4.78, 5) is 3.51. The van der Waals surface area contributed by atoms with Crippen LogP contribution in [0, 0.1) is 11.3 Å². The lowest BCUT2D eigenvalue weighted by atomic mass is 10.3. The number of rotatable bonds is 3. The number of sulfonamides is 1. The second kappa shape index (κ2) is 5.29. The number of aromatic nitrogens is 1. The highest BCUT2D eigenvalue weighted by atomic mass is 35.5. The number of nitriles is 1. The number of pyridine rings is 1. The Morgan fingerprint density at radius 2 is 2.10 bits per heavy atom. The second-order valence-corrected chi connectivity index (χ2v) is 8.74. The minimum absolute atomic E-state index is 0.0858. The van der Waals surface area contributed by atoms with E-state index in [1.165, 1.54) is 12.1 Å². The fourth-order valence-corrected chi connectivity index (χ4v) is 5.74. The van der Waals surface area contributed by atoms with Gasteiger partial charge >= 0.3 is 0 Å². The molecule has 1 aromatic heterocycles. The van der Waals surface area contributed by atoms with Gasteiger partial charge in [0.15, 0.2) is 9.84 Å². The van der Waals surface area contributed by atoms with E-state index >= 15 is 0 Å². The highest BCUT2D eigenvalue weighted by Gasteiger charge is 2.38. The van der Waals surface area contributed by atoms with Crippen LogP contribution in [0.1, 0.15) is 5.69 Å². The van der Waals surface area contributed by atoms with Crippen LogP contribution < -0.4 is 4.72 Å². The first-order chi connectivity index (χ1) is 9.23. The van der Waals surface area contributed by atoms with Gasteiger partial charge < -0.3 is 0 Å². The Hall–Kier alpha value is -1.21. The third-order valence-electron chi connectivity index (χ3n) is 2.75. The molecule has 2 heterocycles. The van der Waals surface area contributed by atoms with E-state index in [4.69, 9.17) is 16.9 Å². The lowest BCUT2D eigenvalue weighted by Crippen LogP contribution is -2.40. The topological polar surface area (TPSA) is 117 Å². The average Bonchev–Trinajstić information content (AvgIpc) is 2.61. The molecule has 20 heavy (non-hydrogen) atoms.